The highest BCUT2D eigenvalue weighted by atomic mass is 35.5. The smallest absolute Gasteiger partial charge is 0.277 e. The van der Waals surface area contributed by atoms with E-state index in [2.05, 4.69) is 10.2 Å². The Balaban J connectivity index is 1.72. The molecule has 4 nitrogen and oxygen atoms in total. The highest BCUT2D eigenvalue weighted by Gasteiger charge is 2.43. The second-order valence-electron chi connectivity index (χ2n) is 7.34. The summed E-state index contributed by atoms with van der Waals surface area (Å²) in [4.78, 5) is 15.0. The van der Waals surface area contributed by atoms with E-state index < -0.39 is 6.04 Å². The lowest BCUT2D eigenvalue weighted by Crippen LogP contribution is -2.29. The minimum absolute atomic E-state index is 0.215. The van der Waals surface area contributed by atoms with Crippen molar-refractivity contribution in [1.29, 1.82) is 0 Å². The predicted molar refractivity (Wildman–Crippen MR) is 115 cm³/mol. The standard InChI is InChI=1S/C24H17ClFN3O/c1-14-5-7-15(8-6-14)21-20-22(28-27-21)24(30)29(19-11-9-17(25)10-12-19)23(20)16-3-2-4-18(26)13-16/h2-13,23H,1H3,(H,27,28). The fourth-order valence-corrected chi connectivity index (χ4v) is 4.06. The van der Waals surface area contributed by atoms with Crippen LogP contribution < -0.4 is 4.90 Å². The van der Waals surface area contributed by atoms with Gasteiger partial charge < -0.3 is 0 Å². The van der Waals surface area contributed by atoms with Gasteiger partial charge in [0.25, 0.3) is 5.91 Å². The molecule has 0 spiro atoms. The van der Waals surface area contributed by atoms with Crippen molar-refractivity contribution >= 4 is 23.2 Å². The lowest BCUT2D eigenvalue weighted by Gasteiger charge is -2.26. The van der Waals surface area contributed by atoms with E-state index in [0.29, 0.717) is 27.7 Å². The molecule has 1 aromatic heterocycles. The zero-order valence-electron chi connectivity index (χ0n) is 16.1. The number of amides is 1. The van der Waals surface area contributed by atoms with Gasteiger partial charge in [-0.3, -0.25) is 14.8 Å². The number of carbonyl (C=O) groups is 1. The van der Waals surface area contributed by atoms with Crippen molar-refractivity contribution in [2.45, 2.75) is 13.0 Å². The van der Waals surface area contributed by atoms with E-state index in [1.54, 1.807) is 35.2 Å². The van der Waals surface area contributed by atoms with Crippen LogP contribution >= 0.6 is 11.6 Å². The van der Waals surface area contributed by atoms with Gasteiger partial charge >= 0.3 is 0 Å². The molecule has 0 saturated heterocycles. The van der Waals surface area contributed by atoms with E-state index in [1.165, 1.54) is 12.1 Å². The first-order chi connectivity index (χ1) is 14.5. The molecule has 1 amide bonds. The summed E-state index contributed by atoms with van der Waals surface area (Å²) in [5.74, 6) is -0.572. The summed E-state index contributed by atoms with van der Waals surface area (Å²) in [6, 6.07) is 20.8. The zero-order chi connectivity index (χ0) is 20.8. The number of hydrogen-bond donors (Lipinski definition) is 1. The molecule has 6 heteroatoms. The summed E-state index contributed by atoms with van der Waals surface area (Å²) in [5.41, 5.74) is 5.21. The number of carbonyl (C=O) groups excluding carboxylic acids is 1. The van der Waals surface area contributed by atoms with Gasteiger partial charge in [-0.15, -0.1) is 0 Å². The Hall–Kier alpha value is -3.44. The van der Waals surface area contributed by atoms with Crippen molar-refractivity contribution in [2.75, 3.05) is 4.90 Å². The van der Waals surface area contributed by atoms with Crippen LogP contribution in [0.15, 0.2) is 72.8 Å². The summed E-state index contributed by atoms with van der Waals surface area (Å²) in [5, 5.41) is 7.93. The number of hydrogen-bond acceptors (Lipinski definition) is 2. The molecule has 0 aliphatic carbocycles. The average Bonchev–Trinajstić information content (AvgIpc) is 3.28. The Labute approximate surface area is 177 Å². The highest BCUT2D eigenvalue weighted by molar-refractivity contribution is 6.30. The fourth-order valence-electron chi connectivity index (χ4n) is 3.94. The minimum Gasteiger partial charge on any atom is -0.295 e. The first kappa shape index (κ1) is 18.6. The molecule has 0 radical (unpaired) electrons. The minimum atomic E-state index is -0.514. The van der Waals surface area contributed by atoms with Crippen molar-refractivity contribution in [1.82, 2.24) is 10.2 Å². The van der Waals surface area contributed by atoms with Crippen LogP contribution in [-0.2, 0) is 0 Å². The Morgan fingerprint density at radius 3 is 2.47 bits per heavy atom. The molecular formula is C24H17ClFN3O. The first-order valence-corrected chi connectivity index (χ1v) is 9.90. The van der Waals surface area contributed by atoms with Crippen LogP contribution in [0.5, 0.6) is 0 Å². The number of anilines is 1. The van der Waals surface area contributed by atoms with E-state index in [-0.39, 0.29) is 11.7 Å². The summed E-state index contributed by atoms with van der Waals surface area (Å²) < 4.78 is 14.1. The monoisotopic (exact) mass is 417 g/mol. The van der Waals surface area contributed by atoms with Gasteiger partial charge in [-0.2, -0.15) is 5.10 Å². The zero-order valence-corrected chi connectivity index (χ0v) is 16.8. The number of halogens is 2. The van der Waals surface area contributed by atoms with Crippen molar-refractivity contribution in [3.05, 3.63) is 106 Å². The molecule has 1 aliphatic rings. The second kappa shape index (κ2) is 7.11. The number of nitrogens with one attached hydrogen (secondary N) is 1. The molecule has 1 unspecified atom stereocenters. The summed E-state index contributed by atoms with van der Waals surface area (Å²) >= 11 is 6.05. The Bertz CT molecular complexity index is 1250. The lowest BCUT2D eigenvalue weighted by molar-refractivity contribution is 0.0988. The van der Waals surface area contributed by atoms with Crippen LogP contribution in [0.2, 0.25) is 5.02 Å². The molecule has 0 bridgehead atoms. The largest absolute Gasteiger partial charge is 0.295 e. The van der Waals surface area contributed by atoms with Crippen molar-refractivity contribution < 1.29 is 9.18 Å². The van der Waals surface area contributed by atoms with Crippen LogP contribution in [0, 0.1) is 12.7 Å². The van der Waals surface area contributed by atoms with E-state index >= 15 is 0 Å². The second-order valence-corrected chi connectivity index (χ2v) is 7.77. The molecule has 0 fully saturated rings. The number of H-pyrrole nitrogens is 1. The summed E-state index contributed by atoms with van der Waals surface area (Å²) in [6.45, 7) is 2.01. The van der Waals surface area contributed by atoms with Crippen LogP contribution in [0.1, 0.15) is 33.2 Å². The molecular weight excluding hydrogens is 401 g/mol. The van der Waals surface area contributed by atoms with Gasteiger partial charge in [0.2, 0.25) is 0 Å². The van der Waals surface area contributed by atoms with E-state index in [4.69, 9.17) is 11.6 Å². The number of benzene rings is 3. The number of rotatable bonds is 3. The van der Waals surface area contributed by atoms with Gasteiger partial charge in [0.15, 0.2) is 0 Å². The van der Waals surface area contributed by atoms with E-state index in [9.17, 15) is 9.18 Å². The Kier molecular flexibility index (Phi) is 4.40. The van der Waals surface area contributed by atoms with Crippen molar-refractivity contribution in [3.8, 4) is 11.3 Å². The van der Waals surface area contributed by atoms with Crippen LogP contribution in [-0.4, -0.2) is 16.1 Å². The van der Waals surface area contributed by atoms with Crippen LogP contribution in [0.25, 0.3) is 11.3 Å². The van der Waals surface area contributed by atoms with Gasteiger partial charge in [0.1, 0.15) is 11.5 Å². The van der Waals surface area contributed by atoms with E-state index in [1.807, 2.05) is 37.3 Å². The predicted octanol–water partition coefficient (Wildman–Crippen LogP) is 5.93. The van der Waals surface area contributed by atoms with Gasteiger partial charge in [0, 0.05) is 21.8 Å². The average molecular weight is 418 g/mol. The fraction of sp³-hybridized carbons (Fsp3) is 0.0833. The molecule has 0 saturated carbocycles. The third-order valence-corrected chi connectivity index (χ3v) is 5.61. The van der Waals surface area contributed by atoms with Crippen LogP contribution in [0.3, 0.4) is 0 Å². The maximum Gasteiger partial charge on any atom is 0.277 e. The maximum atomic E-state index is 14.1. The topological polar surface area (TPSA) is 49.0 Å². The maximum absolute atomic E-state index is 14.1. The van der Waals surface area contributed by atoms with Crippen molar-refractivity contribution in [3.63, 3.8) is 0 Å². The van der Waals surface area contributed by atoms with Gasteiger partial charge in [-0.1, -0.05) is 53.6 Å². The molecule has 2 heterocycles. The normalized spacial score (nSPS) is 15.5. The molecule has 1 N–H and O–H groups in total. The van der Waals surface area contributed by atoms with Crippen LogP contribution in [0.4, 0.5) is 10.1 Å². The number of nitrogens with zero attached hydrogens (tertiary/aromatic N) is 2. The molecule has 1 aliphatic heterocycles. The highest BCUT2D eigenvalue weighted by Crippen LogP contribution is 2.45. The van der Waals surface area contributed by atoms with E-state index in [0.717, 1.165) is 16.7 Å². The Morgan fingerprint density at radius 2 is 1.77 bits per heavy atom. The third-order valence-electron chi connectivity index (χ3n) is 5.36. The van der Waals surface area contributed by atoms with Gasteiger partial charge in [-0.25, -0.2) is 4.39 Å². The summed E-state index contributed by atoms with van der Waals surface area (Å²) in [6.07, 6.45) is 0. The number of aromatic amines is 1. The lowest BCUT2D eigenvalue weighted by atomic mass is 9.95. The SMILES string of the molecule is Cc1ccc(-c2n[nH]c3c2C(c2cccc(F)c2)N(c2ccc(Cl)cc2)C3=O)cc1. The molecule has 30 heavy (non-hydrogen) atoms. The Morgan fingerprint density at radius 1 is 1.03 bits per heavy atom. The molecule has 5 rings (SSSR count). The molecule has 4 aromatic rings. The third kappa shape index (κ3) is 2.99. The van der Waals surface area contributed by atoms with Gasteiger partial charge in [0.05, 0.1) is 11.7 Å². The number of aryl methyl sites for hydroxylation is 1. The molecule has 3 aromatic carbocycles. The van der Waals surface area contributed by atoms with Gasteiger partial charge in [-0.05, 0) is 48.9 Å². The first-order valence-electron chi connectivity index (χ1n) is 9.53. The number of fused-ring (bicyclic) bond motifs is 1. The number of aromatic nitrogens is 2. The van der Waals surface area contributed by atoms with Crippen molar-refractivity contribution in [2.24, 2.45) is 0 Å². The molecule has 1 atom stereocenters. The molecule has 148 valence electrons. The quantitative estimate of drug-likeness (QED) is 0.449. The summed E-state index contributed by atoms with van der Waals surface area (Å²) in [7, 11) is 0.